The summed E-state index contributed by atoms with van der Waals surface area (Å²) in [6, 6.07) is 12.5. The van der Waals surface area contributed by atoms with E-state index in [0.717, 1.165) is 5.56 Å². The van der Waals surface area contributed by atoms with Gasteiger partial charge in [0.25, 0.3) is 0 Å². The maximum Gasteiger partial charge on any atom is 0.330 e. The molecule has 0 bridgehead atoms. The summed E-state index contributed by atoms with van der Waals surface area (Å²) in [7, 11) is 0. The Morgan fingerprint density at radius 1 is 1.25 bits per heavy atom. The van der Waals surface area contributed by atoms with Gasteiger partial charge in [-0.1, -0.05) is 30.3 Å². The molecule has 1 fully saturated rings. The van der Waals surface area contributed by atoms with E-state index in [1.807, 2.05) is 43.3 Å². The number of rotatable bonds is 4. The second-order valence-electron chi connectivity index (χ2n) is 5.63. The molecule has 1 saturated heterocycles. The number of esters is 1. The molecule has 1 aromatic carbocycles. The van der Waals surface area contributed by atoms with Gasteiger partial charge in [0.1, 0.15) is 23.3 Å². The molecular formula is C18H19NO4S. The van der Waals surface area contributed by atoms with Gasteiger partial charge in [-0.15, -0.1) is 11.8 Å². The normalized spacial score (nSPS) is 21.5. The Morgan fingerprint density at radius 2 is 2.00 bits per heavy atom. The van der Waals surface area contributed by atoms with Gasteiger partial charge in [0.15, 0.2) is 0 Å². The van der Waals surface area contributed by atoms with Crippen LogP contribution < -0.4 is 0 Å². The van der Waals surface area contributed by atoms with Crippen molar-refractivity contribution < 1.29 is 18.7 Å². The number of hydrogen-bond acceptors (Lipinski definition) is 5. The summed E-state index contributed by atoms with van der Waals surface area (Å²) >= 11 is 1.51. The molecule has 3 atom stereocenters. The molecule has 0 spiro atoms. The van der Waals surface area contributed by atoms with E-state index in [4.69, 9.17) is 9.15 Å². The smallest absolute Gasteiger partial charge is 0.330 e. The number of nitrogens with zero attached hydrogens (tertiary/aromatic N) is 1. The highest BCUT2D eigenvalue weighted by Crippen LogP contribution is 2.42. The number of carbonyl (C=O) groups is 2. The van der Waals surface area contributed by atoms with Gasteiger partial charge in [-0.3, -0.25) is 4.79 Å². The minimum atomic E-state index is -0.603. The first-order chi connectivity index (χ1) is 11.6. The number of furan rings is 1. The van der Waals surface area contributed by atoms with Gasteiger partial charge in [0, 0.05) is 12.7 Å². The van der Waals surface area contributed by atoms with Crippen LogP contribution in [-0.4, -0.2) is 28.6 Å². The lowest BCUT2D eigenvalue weighted by molar-refractivity contribution is -0.158. The second-order valence-corrected chi connectivity index (χ2v) is 6.75. The summed E-state index contributed by atoms with van der Waals surface area (Å²) < 4.78 is 11.0. The number of amides is 1. The van der Waals surface area contributed by atoms with Crippen molar-refractivity contribution in [2.24, 2.45) is 0 Å². The van der Waals surface area contributed by atoms with E-state index < -0.39 is 6.04 Å². The summed E-state index contributed by atoms with van der Waals surface area (Å²) in [6.45, 7) is 3.29. The zero-order valence-electron chi connectivity index (χ0n) is 13.5. The zero-order chi connectivity index (χ0) is 17.1. The fourth-order valence-corrected chi connectivity index (χ4v) is 4.18. The summed E-state index contributed by atoms with van der Waals surface area (Å²) in [4.78, 5) is 26.2. The molecule has 126 valence electrons. The molecule has 1 amide bonds. The van der Waals surface area contributed by atoms with E-state index in [1.165, 1.54) is 18.7 Å². The van der Waals surface area contributed by atoms with Crippen molar-refractivity contribution in [1.82, 2.24) is 4.90 Å². The number of thioether (sulfide) groups is 1. The van der Waals surface area contributed by atoms with Crippen LogP contribution in [0, 0.1) is 0 Å². The molecule has 0 saturated carbocycles. The van der Waals surface area contributed by atoms with Gasteiger partial charge < -0.3 is 14.1 Å². The van der Waals surface area contributed by atoms with Crippen molar-refractivity contribution in [3.05, 3.63) is 60.1 Å². The molecule has 0 unspecified atom stereocenters. The fourth-order valence-electron chi connectivity index (χ4n) is 2.77. The lowest BCUT2D eigenvalue weighted by atomic mass is 10.1. The minimum Gasteiger partial charge on any atom is -0.466 e. The topological polar surface area (TPSA) is 59.8 Å². The molecule has 0 radical (unpaired) electrons. The Hall–Kier alpha value is -2.21. The monoisotopic (exact) mass is 345 g/mol. The van der Waals surface area contributed by atoms with Crippen LogP contribution in [0.1, 0.15) is 36.6 Å². The van der Waals surface area contributed by atoms with E-state index in [2.05, 4.69) is 0 Å². The highest BCUT2D eigenvalue weighted by atomic mass is 32.2. The Morgan fingerprint density at radius 3 is 2.62 bits per heavy atom. The first-order valence-electron chi connectivity index (χ1n) is 7.77. The van der Waals surface area contributed by atoms with Crippen LogP contribution in [0.5, 0.6) is 0 Å². The van der Waals surface area contributed by atoms with E-state index in [9.17, 15) is 9.59 Å². The predicted octanol–water partition coefficient (Wildman–Crippen LogP) is 3.55. The third kappa shape index (κ3) is 3.33. The van der Waals surface area contributed by atoms with E-state index >= 15 is 0 Å². The molecule has 5 nitrogen and oxygen atoms in total. The van der Waals surface area contributed by atoms with Gasteiger partial charge in [0.2, 0.25) is 5.91 Å². The second kappa shape index (κ2) is 7.13. The van der Waals surface area contributed by atoms with Gasteiger partial charge in [0.05, 0.1) is 6.26 Å². The molecule has 1 aliphatic heterocycles. The number of hydrogen-bond donors (Lipinski definition) is 0. The highest BCUT2D eigenvalue weighted by Gasteiger charge is 2.43. The van der Waals surface area contributed by atoms with Crippen LogP contribution in [0.2, 0.25) is 0 Å². The summed E-state index contributed by atoms with van der Waals surface area (Å²) in [6.07, 6.45) is 1.21. The molecule has 3 rings (SSSR count). The quantitative estimate of drug-likeness (QED) is 0.793. The molecule has 2 heterocycles. The molecule has 0 aliphatic carbocycles. The lowest BCUT2D eigenvalue weighted by Gasteiger charge is -2.27. The van der Waals surface area contributed by atoms with Crippen molar-refractivity contribution in [3.8, 4) is 0 Å². The third-order valence-electron chi connectivity index (χ3n) is 3.98. The summed E-state index contributed by atoms with van der Waals surface area (Å²) in [5, 5.41) is -0.290. The Labute approximate surface area is 145 Å². The van der Waals surface area contributed by atoms with E-state index in [-0.39, 0.29) is 23.4 Å². The largest absolute Gasteiger partial charge is 0.466 e. The maximum absolute atomic E-state index is 12.6. The maximum atomic E-state index is 12.6. The van der Waals surface area contributed by atoms with Crippen molar-refractivity contribution in [2.45, 2.75) is 31.4 Å². The first kappa shape index (κ1) is 16.6. The average molecular weight is 345 g/mol. The predicted molar refractivity (Wildman–Crippen MR) is 91.2 cm³/mol. The van der Waals surface area contributed by atoms with E-state index in [0.29, 0.717) is 11.5 Å². The third-order valence-corrected chi connectivity index (χ3v) is 5.27. The molecule has 6 heteroatoms. The summed E-state index contributed by atoms with van der Waals surface area (Å²) in [5.74, 6) is 0.603. The fraction of sp³-hybridized carbons (Fsp3) is 0.333. The molecule has 0 N–H and O–H groups in total. The van der Waals surface area contributed by atoms with Gasteiger partial charge >= 0.3 is 5.97 Å². The average Bonchev–Trinajstić information content (AvgIpc) is 3.24. The first-order valence-corrected chi connectivity index (χ1v) is 8.82. The van der Waals surface area contributed by atoms with E-state index in [1.54, 1.807) is 17.2 Å². The lowest BCUT2D eigenvalue weighted by Crippen LogP contribution is -2.42. The molecule has 2 aromatic rings. The Bertz CT molecular complexity index is 701. The molecular weight excluding hydrogens is 326 g/mol. The van der Waals surface area contributed by atoms with Crippen LogP contribution in [0.4, 0.5) is 0 Å². The van der Waals surface area contributed by atoms with Crippen molar-refractivity contribution in [1.29, 1.82) is 0 Å². The van der Waals surface area contributed by atoms with Crippen LogP contribution in [0.3, 0.4) is 0 Å². The highest BCUT2D eigenvalue weighted by molar-refractivity contribution is 7.99. The Kier molecular flexibility index (Phi) is 4.94. The van der Waals surface area contributed by atoms with Crippen molar-refractivity contribution >= 4 is 23.6 Å². The van der Waals surface area contributed by atoms with Crippen LogP contribution in [0.15, 0.2) is 53.1 Å². The minimum absolute atomic E-state index is 0.171. The van der Waals surface area contributed by atoms with Crippen LogP contribution in [0.25, 0.3) is 0 Å². The number of benzene rings is 1. The van der Waals surface area contributed by atoms with Crippen molar-refractivity contribution in [2.75, 3.05) is 5.75 Å². The SMILES string of the molecule is CC(=O)N1[C@@H](C(=O)O[C@@H](C)c2ccccc2)CS[C@@H]1c1ccco1. The number of ether oxygens (including phenoxy) is 1. The standard InChI is InChI=1S/C18H19NO4S/c1-12(14-7-4-3-5-8-14)23-18(21)15-11-24-17(19(15)13(2)20)16-9-6-10-22-16/h3-10,12,15,17H,11H2,1-2H3/t12-,15+,17+/m0/s1. The summed E-state index contributed by atoms with van der Waals surface area (Å²) in [5.41, 5.74) is 0.924. The molecule has 1 aliphatic rings. The molecule has 1 aromatic heterocycles. The number of carbonyl (C=O) groups excluding carboxylic acids is 2. The van der Waals surface area contributed by atoms with Crippen LogP contribution in [-0.2, 0) is 14.3 Å². The van der Waals surface area contributed by atoms with Gasteiger partial charge in [-0.05, 0) is 24.6 Å². The van der Waals surface area contributed by atoms with Crippen LogP contribution >= 0.6 is 11.8 Å². The molecule has 24 heavy (non-hydrogen) atoms. The zero-order valence-corrected chi connectivity index (χ0v) is 14.4. The van der Waals surface area contributed by atoms with Gasteiger partial charge in [-0.2, -0.15) is 0 Å². The van der Waals surface area contributed by atoms with Gasteiger partial charge in [-0.25, -0.2) is 4.79 Å². The van der Waals surface area contributed by atoms with Crippen molar-refractivity contribution in [3.63, 3.8) is 0 Å². The Balaban J connectivity index is 1.73.